The second-order valence-corrected chi connectivity index (χ2v) is 8.61. The van der Waals surface area contributed by atoms with E-state index in [1.54, 1.807) is 30.3 Å². The lowest BCUT2D eigenvalue weighted by atomic mass is 10.0. The van der Waals surface area contributed by atoms with Gasteiger partial charge < -0.3 is 5.32 Å². The monoisotopic (exact) mass is 374 g/mol. The summed E-state index contributed by atoms with van der Waals surface area (Å²) < 4.78 is 26.1. The molecule has 26 heavy (non-hydrogen) atoms. The van der Waals surface area contributed by atoms with Crippen LogP contribution in [0.1, 0.15) is 38.2 Å². The first-order valence-corrected chi connectivity index (χ1v) is 10.2. The van der Waals surface area contributed by atoms with Gasteiger partial charge in [0.05, 0.1) is 4.90 Å². The molecular weight excluding hydrogens is 348 g/mol. The third kappa shape index (κ3) is 5.41. The van der Waals surface area contributed by atoms with Gasteiger partial charge in [-0.15, -0.1) is 0 Å². The molecule has 0 radical (unpaired) electrons. The summed E-state index contributed by atoms with van der Waals surface area (Å²) in [4.78, 5) is 12.3. The minimum absolute atomic E-state index is 0.118. The highest BCUT2D eigenvalue weighted by molar-refractivity contribution is 7.89. The van der Waals surface area contributed by atoms with Crippen molar-refractivity contribution < 1.29 is 13.2 Å². The number of hydrogen-bond acceptors (Lipinski definition) is 3. The molecule has 0 unspecified atom stereocenters. The Labute approximate surface area is 156 Å². The molecule has 2 aromatic rings. The maximum atomic E-state index is 12.4. The fraction of sp³-hybridized carbons (Fsp3) is 0.350. The van der Waals surface area contributed by atoms with Crippen molar-refractivity contribution in [3.05, 3.63) is 60.2 Å². The molecule has 2 rings (SSSR count). The molecular formula is C20H26N2O3S. The van der Waals surface area contributed by atoms with E-state index in [1.165, 1.54) is 16.9 Å². The highest BCUT2D eigenvalue weighted by Gasteiger charge is 2.20. The smallest absolute Gasteiger partial charge is 0.242 e. The van der Waals surface area contributed by atoms with Crippen LogP contribution in [0.5, 0.6) is 0 Å². The number of nitrogens with zero attached hydrogens (tertiary/aromatic N) is 1. The average Bonchev–Trinajstić information content (AvgIpc) is 2.62. The zero-order chi connectivity index (χ0) is 19.2. The topological polar surface area (TPSA) is 66.5 Å². The molecule has 140 valence electrons. The molecule has 0 heterocycles. The van der Waals surface area contributed by atoms with Gasteiger partial charge in [0.15, 0.2) is 0 Å². The number of rotatable bonds is 8. The number of anilines is 1. The summed E-state index contributed by atoms with van der Waals surface area (Å²) in [7, 11) is -1.97. The molecule has 1 N–H and O–H groups in total. The second kappa shape index (κ2) is 8.96. The van der Waals surface area contributed by atoms with E-state index in [1.807, 2.05) is 24.3 Å². The first kappa shape index (κ1) is 20.1. The van der Waals surface area contributed by atoms with E-state index in [9.17, 15) is 13.2 Å². The van der Waals surface area contributed by atoms with Gasteiger partial charge in [-0.05, 0) is 42.2 Å². The lowest BCUT2D eigenvalue weighted by molar-refractivity contribution is -0.116. The molecule has 0 aliphatic carbocycles. The lowest BCUT2D eigenvalue weighted by Crippen LogP contribution is -2.28. The Hall–Kier alpha value is -2.18. The molecule has 0 spiro atoms. The zero-order valence-electron chi connectivity index (χ0n) is 15.5. The van der Waals surface area contributed by atoms with E-state index in [2.05, 4.69) is 19.2 Å². The average molecular weight is 375 g/mol. The summed E-state index contributed by atoms with van der Waals surface area (Å²) in [5, 5.41) is 2.85. The number of nitrogens with one attached hydrogen (secondary N) is 1. The van der Waals surface area contributed by atoms with E-state index in [0.29, 0.717) is 12.3 Å². The van der Waals surface area contributed by atoms with Crippen molar-refractivity contribution in [1.82, 2.24) is 4.31 Å². The summed E-state index contributed by atoms with van der Waals surface area (Å²) >= 11 is 0. The molecule has 0 bridgehead atoms. The number of sulfonamides is 1. The SMILES string of the molecule is CC(C)c1ccc(NC(=O)CCCN(C)S(=O)(=O)c2ccccc2)cc1. The van der Waals surface area contributed by atoms with E-state index in [4.69, 9.17) is 0 Å². The van der Waals surface area contributed by atoms with Crippen LogP contribution in [0.3, 0.4) is 0 Å². The maximum absolute atomic E-state index is 12.4. The Morgan fingerprint density at radius 1 is 1.04 bits per heavy atom. The molecule has 2 aromatic carbocycles. The van der Waals surface area contributed by atoms with Crippen LogP contribution in [0.15, 0.2) is 59.5 Å². The Morgan fingerprint density at radius 3 is 2.23 bits per heavy atom. The van der Waals surface area contributed by atoms with Crippen LogP contribution in [0.2, 0.25) is 0 Å². The summed E-state index contributed by atoms with van der Waals surface area (Å²) in [5.41, 5.74) is 1.97. The van der Waals surface area contributed by atoms with Crippen LogP contribution in [-0.4, -0.2) is 32.2 Å². The molecule has 0 aromatic heterocycles. The highest BCUT2D eigenvalue weighted by Crippen LogP contribution is 2.18. The van der Waals surface area contributed by atoms with Crippen LogP contribution in [-0.2, 0) is 14.8 Å². The van der Waals surface area contributed by atoms with Crippen molar-refractivity contribution in [1.29, 1.82) is 0 Å². The molecule has 0 saturated heterocycles. The van der Waals surface area contributed by atoms with Gasteiger partial charge in [0.1, 0.15) is 0 Å². The Kier molecular flexibility index (Phi) is 6.94. The molecule has 0 fully saturated rings. The minimum atomic E-state index is -3.51. The number of amides is 1. The van der Waals surface area contributed by atoms with Crippen LogP contribution < -0.4 is 5.32 Å². The van der Waals surface area contributed by atoms with Crippen molar-refractivity contribution in [3.63, 3.8) is 0 Å². The standard InChI is InChI=1S/C20H26N2O3S/c1-16(2)17-11-13-18(14-12-17)21-20(23)10-7-15-22(3)26(24,25)19-8-5-4-6-9-19/h4-6,8-9,11-14,16H,7,10,15H2,1-3H3,(H,21,23). The fourth-order valence-electron chi connectivity index (χ4n) is 2.53. The summed E-state index contributed by atoms with van der Waals surface area (Å²) in [6.07, 6.45) is 0.721. The van der Waals surface area contributed by atoms with E-state index in [-0.39, 0.29) is 23.8 Å². The zero-order valence-corrected chi connectivity index (χ0v) is 16.3. The first-order chi connectivity index (χ1) is 12.3. The number of carbonyl (C=O) groups excluding carboxylic acids is 1. The predicted molar refractivity (Wildman–Crippen MR) is 105 cm³/mol. The summed E-state index contributed by atoms with van der Waals surface area (Å²) in [6, 6.07) is 16.1. The maximum Gasteiger partial charge on any atom is 0.242 e. The van der Waals surface area contributed by atoms with Gasteiger partial charge in [0, 0.05) is 25.7 Å². The molecule has 0 saturated carbocycles. The quantitative estimate of drug-likeness (QED) is 0.763. The predicted octanol–water partition coefficient (Wildman–Crippen LogP) is 3.85. The van der Waals surface area contributed by atoms with Crippen LogP contribution in [0.4, 0.5) is 5.69 Å². The summed E-state index contributed by atoms with van der Waals surface area (Å²) in [5.74, 6) is 0.328. The number of hydrogen-bond donors (Lipinski definition) is 1. The molecule has 0 atom stereocenters. The minimum Gasteiger partial charge on any atom is -0.326 e. The molecule has 0 aliphatic rings. The van der Waals surface area contributed by atoms with Crippen molar-refractivity contribution in [2.45, 2.75) is 37.5 Å². The van der Waals surface area contributed by atoms with E-state index >= 15 is 0 Å². The molecule has 0 aliphatic heterocycles. The Bertz CT molecular complexity index is 816. The number of carbonyl (C=O) groups is 1. The molecule has 1 amide bonds. The van der Waals surface area contributed by atoms with Gasteiger partial charge in [-0.25, -0.2) is 12.7 Å². The van der Waals surface area contributed by atoms with Gasteiger partial charge in [-0.1, -0.05) is 44.2 Å². The van der Waals surface area contributed by atoms with Gasteiger partial charge in [-0.3, -0.25) is 4.79 Å². The van der Waals surface area contributed by atoms with Gasteiger partial charge >= 0.3 is 0 Å². The third-order valence-electron chi connectivity index (χ3n) is 4.19. The second-order valence-electron chi connectivity index (χ2n) is 6.57. The largest absolute Gasteiger partial charge is 0.326 e. The van der Waals surface area contributed by atoms with Gasteiger partial charge in [0.25, 0.3) is 0 Å². The van der Waals surface area contributed by atoms with Crippen molar-refractivity contribution in [3.8, 4) is 0 Å². The van der Waals surface area contributed by atoms with E-state index in [0.717, 1.165) is 5.69 Å². The highest BCUT2D eigenvalue weighted by atomic mass is 32.2. The molecule has 6 heteroatoms. The Balaban J connectivity index is 1.82. The van der Waals surface area contributed by atoms with Crippen molar-refractivity contribution in [2.24, 2.45) is 0 Å². The van der Waals surface area contributed by atoms with E-state index < -0.39 is 10.0 Å². The van der Waals surface area contributed by atoms with Crippen molar-refractivity contribution in [2.75, 3.05) is 18.9 Å². The first-order valence-electron chi connectivity index (χ1n) is 8.72. The van der Waals surface area contributed by atoms with Crippen LogP contribution in [0.25, 0.3) is 0 Å². The van der Waals surface area contributed by atoms with Crippen LogP contribution in [0, 0.1) is 0 Å². The fourth-order valence-corrected chi connectivity index (χ4v) is 3.76. The Morgan fingerprint density at radius 2 is 1.65 bits per heavy atom. The van der Waals surface area contributed by atoms with Gasteiger partial charge in [-0.2, -0.15) is 0 Å². The third-order valence-corrected chi connectivity index (χ3v) is 6.06. The normalized spacial score (nSPS) is 11.7. The van der Waals surface area contributed by atoms with Crippen molar-refractivity contribution >= 4 is 21.6 Å². The molecule has 5 nitrogen and oxygen atoms in total. The number of benzene rings is 2. The summed E-state index contributed by atoms with van der Waals surface area (Å²) in [6.45, 7) is 4.53. The van der Waals surface area contributed by atoms with Crippen LogP contribution >= 0.6 is 0 Å². The van der Waals surface area contributed by atoms with Gasteiger partial charge in [0.2, 0.25) is 15.9 Å². The lowest BCUT2D eigenvalue weighted by Gasteiger charge is -2.17.